The van der Waals surface area contributed by atoms with Crippen LogP contribution in [0.1, 0.15) is 112 Å². The number of benzene rings is 1. The molecule has 2 fully saturated rings. The second-order valence-corrected chi connectivity index (χ2v) is 17.4. The molecule has 4 aliphatic carbocycles. The van der Waals surface area contributed by atoms with Crippen LogP contribution in [0.3, 0.4) is 0 Å². The normalized spacial score (nSPS) is 23.4. The number of halogens is 2. The van der Waals surface area contributed by atoms with E-state index in [0.29, 0.717) is 0 Å². The Bertz CT molecular complexity index is 890. The second-order valence-electron chi connectivity index (χ2n) is 11.0. The molecule has 0 nitrogen and oxygen atoms in total. The van der Waals surface area contributed by atoms with E-state index >= 15 is 0 Å². The van der Waals surface area contributed by atoms with Crippen molar-refractivity contribution in [2.24, 2.45) is 5.92 Å². The minimum Gasteiger partial charge on any atom is -1.00 e. The SMILES string of the molecule is CCCC(C)C1=[C]([Zr+2][CH]2C(P(C3CCCCC3)C3CCCCC3)=Cc3ccccc32)CC=C1.[Cl-].[Cl-]. The summed E-state index contributed by atoms with van der Waals surface area (Å²) in [7, 11) is 0.0203. The van der Waals surface area contributed by atoms with Gasteiger partial charge in [0.1, 0.15) is 0 Å². The maximum Gasteiger partial charge on any atom is -1.00 e. The molecule has 0 radical (unpaired) electrons. The fourth-order valence-electron chi connectivity index (χ4n) is 7.01. The van der Waals surface area contributed by atoms with Crippen molar-refractivity contribution in [1.29, 1.82) is 0 Å². The monoisotopic (exact) mass is 606 g/mol. The molecule has 190 valence electrons. The van der Waals surface area contributed by atoms with Gasteiger partial charge >= 0.3 is 217 Å². The summed E-state index contributed by atoms with van der Waals surface area (Å²) in [6, 6.07) is 9.56. The molecule has 0 bridgehead atoms. The minimum atomic E-state index is -0.712. The molecule has 4 heteroatoms. The molecule has 0 aromatic heterocycles. The van der Waals surface area contributed by atoms with E-state index < -0.39 is 23.2 Å². The molecule has 0 heterocycles. The van der Waals surface area contributed by atoms with Crippen LogP contribution in [0.5, 0.6) is 0 Å². The molecule has 4 aliphatic rings. The van der Waals surface area contributed by atoms with Crippen molar-refractivity contribution in [3.63, 3.8) is 0 Å². The summed E-state index contributed by atoms with van der Waals surface area (Å²) in [5, 5.41) is 1.98. The zero-order chi connectivity index (χ0) is 22.6. The van der Waals surface area contributed by atoms with E-state index in [1.807, 2.05) is 8.60 Å². The van der Waals surface area contributed by atoms with Gasteiger partial charge in [-0.05, 0) is 0 Å². The van der Waals surface area contributed by atoms with Gasteiger partial charge in [-0.2, -0.15) is 0 Å². The van der Waals surface area contributed by atoms with Gasteiger partial charge in [0, 0.05) is 0 Å². The average Bonchev–Trinajstić information content (AvgIpc) is 3.46. The van der Waals surface area contributed by atoms with Gasteiger partial charge in [0.25, 0.3) is 0 Å². The Morgan fingerprint density at radius 2 is 1.54 bits per heavy atom. The molecule has 2 saturated carbocycles. The number of fused-ring (bicyclic) bond motifs is 1. The first-order valence-electron chi connectivity index (χ1n) is 14.0. The third-order valence-electron chi connectivity index (χ3n) is 8.68. The topological polar surface area (TPSA) is 0 Å². The van der Waals surface area contributed by atoms with Crippen molar-refractivity contribution >= 4 is 14.0 Å². The molecule has 0 spiro atoms. The van der Waals surface area contributed by atoms with E-state index in [0.717, 1.165) is 20.9 Å². The van der Waals surface area contributed by atoms with Gasteiger partial charge in [0.2, 0.25) is 0 Å². The number of hydrogen-bond acceptors (Lipinski definition) is 0. The van der Waals surface area contributed by atoms with E-state index in [4.69, 9.17) is 0 Å². The Labute approximate surface area is 240 Å². The summed E-state index contributed by atoms with van der Waals surface area (Å²) in [5.74, 6) is 0.756. The first kappa shape index (κ1) is 29.9. The molecule has 1 aromatic carbocycles. The largest absolute Gasteiger partial charge is 1.00 e. The Hall–Kier alpha value is 0.333. The van der Waals surface area contributed by atoms with Crippen LogP contribution in [-0.2, 0) is 23.2 Å². The Kier molecular flexibility index (Phi) is 12.4. The first-order valence-corrected chi connectivity index (χ1v) is 18.1. The quantitative estimate of drug-likeness (QED) is 0.392. The van der Waals surface area contributed by atoms with Crippen molar-refractivity contribution in [2.45, 2.75) is 112 Å². The van der Waals surface area contributed by atoms with Crippen molar-refractivity contribution in [2.75, 3.05) is 0 Å². The third kappa shape index (κ3) is 6.86. The van der Waals surface area contributed by atoms with Crippen LogP contribution >= 0.6 is 7.92 Å². The summed E-state index contributed by atoms with van der Waals surface area (Å²) in [4.78, 5) is 0. The summed E-state index contributed by atoms with van der Waals surface area (Å²) in [6.45, 7) is 4.84. The van der Waals surface area contributed by atoms with Gasteiger partial charge in [-0.15, -0.1) is 0 Å². The van der Waals surface area contributed by atoms with E-state index in [1.165, 1.54) is 83.5 Å². The molecule has 2 atom stereocenters. The van der Waals surface area contributed by atoms with Crippen LogP contribution < -0.4 is 24.8 Å². The summed E-state index contributed by atoms with van der Waals surface area (Å²) in [5.41, 5.74) is 7.11. The predicted octanol–water partition coefficient (Wildman–Crippen LogP) is 3.97. The average molecular weight is 609 g/mol. The van der Waals surface area contributed by atoms with Gasteiger partial charge in [0.15, 0.2) is 0 Å². The second kappa shape index (κ2) is 14.5. The zero-order valence-electron chi connectivity index (χ0n) is 21.7. The molecule has 2 unspecified atom stereocenters. The van der Waals surface area contributed by atoms with E-state index in [2.05, 4.69) is 56.3 Å². The van der Waals surface area contributed by atoms with Crippen molar-refractivity contribution in [1.82, 2.24) is 0 Å². The van der Waals surface area contributed by atoms with Gasteiger partial charge in [-0.3, -0.25) is 0 Å². The Morgan fingerprint density at radius 1 is 0.914 bits per heavy atom. The fourth-order valence-corrected chi connectivity index (χ4v) is 16.8. The van der Waals surface area contributed by atoms with Crippen LogP contribution in [0.15, 0.2) is 50.6 Å². The maximum atomic E-state index is 2.76. The Morgan fingerprint density at radius 3 is 2.17 bits per heavy atom. The molecule has 35 heavy (non-hydrogen) atoms. The van der Waals surface area contributed by atoms with Crippen molar-refractivity contribution in [3.8, 4) is 0 Å². The zero-order valence-corrected chi connectivity index (χ0v) is 26.6. The first-order chi connectivity index (χ1) is 16.3. The smallest absolute Gasteiger partial charge is 1.00 e. The molecule has 0 amide bonds. The van der Waals surface area contributed by atoms with E-state index in [1.54, 1.807) is 16.7 Å². The number of rotatable bonds is 8. The summed E-state index contributed by atoms with van der Waals surface area (Å²) >= 11 is -0.712. The van der Waals surface area contributed by atoms with Gasteiger partial charge in [-0.25, -0.2) is 0 Å². The molecular formula is C31H43Cl2PZr. The van der Waals surface area contributed by atoms with Crippen LogP contribution in [0.2, 0.25) is 0 Å². The number of hydrogen-bond donors (Lipinski definition) is 0. The van der Waals surface area contributed by atoms with Crippen LogP contribution in [0, 0.1) is 5.92 Å². The number of allylic oxidation sites excluding steroid dienone is 5. The van der Waals surface area contributed by atoms with Crippen LogP contribution in [0.4, 0.5) is 0 Å². The van der Waals surface area contributed by atoms with Crippen molar-refractivity contribution < 1.29 is 48.0 Å². The minimum absolute atomic E-state index is 0. The van der Waals surface area contributed by atoms with Crippen LogP contribution in [0.25, 0.3) is 6.08 Å². The van der Waals surface area contributed by atoms with Gasteiger partial charge < -0.3 is 24.8 Å². The maximum absolute atomic E-state index is 2.76. The predicted molar refractivity (Wildman–Crippen MR) is 143 cm³/mol. The van der Waals surface area contributed by atoms with Crippen LogP contribution in [-0.4, -0.2) is 11.3 Å². The fraction of sp³-hybridized carbons (Fsp3) is 0.613. The van der Waals surface area contributed by atoms with Gasteiger partial charge in [-0.1, -0.05) is 0 Å². The summed E-state index contributed by atoms with van der Waals surface area (Å²) in [6.07, 6.45) is 26.8. The Balaban J connectivity index is 0.00000171. The molecule has 5 rings (SSSR count). The van der Waals surface area contributed by atoms with Gasteiger partial charge in [0.05, 0.1) is 0 Å². The summed E-state index contributed by atoms with van der Waals surface area (Å²) < 4.78 is 2.74. The molecule has 0 saturated heterocycles. The molecule has 0 aliphatic heterocycles. The molecule has 1 aromatic rings. The molecule has 0 N–H and O–H groups in total. The van der Waals surface area contributed by atoms with E-state index in [-0.39, 0.29) is 32.7 Å². The molecular weight excluding hydrogens is 565 g/mol. The standard InChI is InChI=1S/C21H28P.C10H15.2ClH.Zr/c1-3-11-19(12-4-1)22(20-13-5-2-6-14-20)21-15-17-9-7-8-10-18(17)16-21;1-3-6-9(2)10-7-4-5-8-10;;;/h7-10,15-16,19-20H,1-6,11-14H2;4,7,9H,3,5-6H2,1-2H3;2*1H;/q;;;;+2/p-2. The van der Waals surface area contributed by atoms with E-state index in [9.17, 15) is 0 Å². The van der Waals surface area contributed by atoms with Crippen molar-refractivity contribution in [3.05, 3.63) is 61.7 Å². The third-order valence-corrected chi connectivity index (χ3v) is 17.2.